The van der Waals surface area contributed by atoms with E-state index in [0.29, 0.717) is 6.54 Å². The van der Waals surface area contributed by atoms with E-state index in [2.05, 4.69) is 27.8 Å². The smallest absolute Gasteiger partial charge is 0.240 e. The number of likely N-dealkylation sites (tertiary alicyclic amines) is 1. The van der Waals surface area contributed by atoms with Crippen molar-refractivity contribution in [1.82, 2.24) is 20.9 Å². The van der Waals surface area contributed by atoms with E-state index in [1.54, 1.807) is 0 Å². The van der Waals surface area contributed by atoms with Crippen LogP contribution >= 0.6 is 0 Å². The molecule has 0 unspecified atom stereocenters. The Morgan fingerprint density at radius 2 is 1.71 bits per heavy atom. The van der Waals surface area contributed by atoms with Crippen LogP contribution in [0.5, 0.6) is 0 Å². The fourth-order valence-electron chi connectivity index (χ4n) is 3.16. The van der Waals surface area contributed by atoms with Gasteiger partial charge in [-0.1, -0.05) is 27.2 Å². The minimum Gasteiger partial charge on any atom is -0.355 e. The molecule has 5 nitrogen and oxygen atoms in total. The molecule has 0 aromatic rings. The second-order valence-corrected chi connectivity index (χ2v) is 6.34. The van der Waals surface area contributed by atoms with Gasteiger partial charge in [-0.2, -0.15) is 0 Å². The maximum atomic E-state index is 11.7. The highest BCUT2D eigenvalue weighted by atomic mass is 16.2. The molecule has 2 fully saturated rings. The minimum atomic E-state index is -0.332. The lowest BCUT2D eigenvalue weighted by molar-refractivity contribution is -0.128. The third kappa shape index (κ3) is 8.45. The summed E-state index contributed by atoms with van der Waals surface area (Å²) in [4.78, 5) is 14.3. The lowest BCUT2D eigenvalue weighted by Gasteiger charge is -2.35. The highest BCUT2D eigenvalue weighted by Gasteiger charge is 2.37. The van der Waals surface area contributed by atoms with Crippen molar-refractivity contribution in [2.45, 2.75) is 71.8 Å². The summed E-state index contributed by atoms with van der Waals surface area (Å²) in [5, 5.41) is 9.28. The number of likely N-dealkylation sites (N-methyl/N-ethyl adjacent to an activating group) is 2. The zero-order chi connectivity index (χ0) is 18.3. The maximum Gasteiger partial charge on any atom is 0.240 e. The van der Waals surface area contributed by atoms with Crippen LogP contribution in [0.2, 0.25) is 0 Å². The van der Waals surface area contributed by atoms with Gasteiger partial charge < -0.3 is 20.9 Å². The summed E-state index contributed by atoms with van der Waals surface area (Å²) in [6, 6.07) is 0. The quantitative estimate of drug-likeness (QED) is 0.694. The molecule has 144 valence electrons. The second kappa shape index (κ2) is 14.7. The first-order valence-electron chi connectivity index (χ1n) is 10.1. The van der Waals surface area contributed by atoms with Gasteiger partial charge in [-0.05, 0) is 78.8 Å². The average Bonchev–Trinajstić information content (AvgIpc) is 3.16. The molecule has 2 aliphatic rings. The molecule has 0 bridgehead atoms. The van der Waals surface area contributed by atoms with Crippen LogP contribution in [0.3, 0.4) is 0 Å². The predicted octanol–water partition coefficient (Wildman–Crippen LogP) is 2.37. The van der Waals surface area contributed by atoms with Gasteiger partial charge in [-0.3, -0.25) is 4.79 Å². The zero-order valence-electron chi connectivity index (χ0n) is 16.8. The molecule has 0 aromatic heterocycles. The van der Waals surface area contributed by atoms with E-state index in [-0.39, 0.29) is 11.4 Å². The summed E-state index contributed by atoms with van der Waals surface area (Å²) in [6.45, 7) is 14.8. The van der Waals surface area contributed by atoms with Crippen molar-refractivity contribution in [1.29, 1.82) is 0 Å². The van der Waals surface area contributed by atoms with Crippen LogP contribution in [0.15, 0.2) is 0 Å². The molecular weight excluding hydrogens is 300 g/mol. The number of amides is 1. The summed E-state index contributed by atoms with van der Waals surface area (Å²) in [5.41, 5.74) is -0.332. The molecule has 0 aromatic carbocycles. The van der Waals surface area contributed by atoms with E-state index in [1.165, 1.54) is 45.3 Å². The van der Waals surface area contributed by atoms with E-state index in [1.807, 2.05) is 27.8 Å². The Balaban J connectivity index is 0.000000420. The normalized spacial score (nSPS) is 19.5. The largest absolute Gasteiger partial charge is 0.355 e. The molecule has 5 heteroatoms. The van der Waals surface area contributed by atoms with Gasteiger partial charge in [0.25, 0.3) is 0 Å². The minimum absolute atomic E-state index is 0.138. The van der Waals surface area contributed by atoms with Crippen molar-refractivity contribution in [3.63, 3.8) is 0 Å². The summed E-state index contributed by atoms with van der Waals surface area (Å²) < 4.78 is 0. The number of nitrogens with one attached hydrogen (secondary N) is 3. The van der Waals surface area contributed by atoms with Crippen LogP contribution in [0.25, 0.3) is 0 Å². The molecule has 2 rings (SSSR count). The van der Waals surface area contributed by atoms with Gasteiger partial charge in [0.05, 0.1) is 5.54 Å². The number of carbonyl (C=O) groups excluding carboxylic acids is 1. The highest BCUT2D eigenvalue weighted by molar-refractivity contribution is 5.86. The van der Waals surface area contributed by atoms with Crippen LogP contribution in [0.4, 0.5) is 0 Å². The predicted molar refractivity (Wildman–Crippen MR) is 105 cm³/mol. The van der Waals surface area contributed by atoms with E-state index in [4.69, 9.17) is 0 Å². The molecule has 0 radical (unpaired) electrons. The third-order valence-corrected chi connectivity index (χ3v) is 4.73. The molecular formula is C19H42N4O. The summed E-state index contributed by atoms with van der Waals surface area (Å²) in [6.07, 6.45) is 7.34. The number of nitrogens with zero attached hydrogens (tertiary/aromatic N) is 1. The highest BCUT2D eigenvalue weighted by Crippen LogP contribution is 2.17. The Morgan fingerprint density at radius 1 is 1.12 bits per heavy atom. The van der Waals surface area contributed by atoms with Gasteiger partial charge in [0.1, 0.15) is 0 Å². The van der Waals surface area contributed by atoms with Crippen LogP contribution in [-0.2, 0) is 4.79 Å². The Kier molecular flexibility index (Phi) is 14.3. The topological polar surface area (TPSA) is 56.4 Å². The SMILES string of the molecule is CC.CCCCN1CCCC1.CCNC(=O)C1(NC)CCNCC1. The Labute approximate surface area is 150 Å². The number of hydrogen-bond acceptors (Lipinski definition) is 4. The molecule has 2 heterocycles. The molecule has 24 heavy (non-hydrogen) atoms. The van der Waals surface area contributed by atoms with Crippen LogP contribution < -0.4 is 16.0 Å². The Bertz CT molecular complexity index is 298. The molecule has 2 aliphatic heterocycles. The van der Waals surface area contributed by atoms with Crippen molar-refractivity contribution in [3.05, 3.63) is 0 Å². The molecule has 1 amide bonds. The number of rotatable bonds is 6. The fraction of sp³-hybridized carbons (Fsp3) is 0.947. The summed E-state index contributed by atoms with van der Waals surface area (Å²) in [7, 11) is 1.86. The summed E-state index contributed by atoms with van der Waals surface area (Å²) in [5.74, 6) is 0.138. The number of carbonyl (C=O) groups is 1. The van der Waals surface area contributed by atoms with Gasteiger partial charge >= 0.3 is 0 Å². The number of piperidine rings is 1. The lowest BCUT2D eigenvalue weighted by atomic mass is 9.87. The molecule has 0 spiro atoms. The monoisotopic (exact) mass is 342 g/mol. The van der Waals surface area contributed by atoms with E-state index < -0.39 is 0 Å². The molecule has 0 aliphatic carbocycles. The van der Waals surface area contributed by atoms with E-state index >= 15 is 0 Å². The molecule has 0 atom stereocenters. The average molecular weight is 343 g/mol. The zero-order valence-corrected chi connectivity index (χ0v) is 16.8. The van der Waals surface area contributed by atoms with Crippen molar-refractivity contribution >= 4 is 5.91 Å². The first kappa shape index (κ1) is 23.4. The fourth-order valence-corrected chi connectivity index (χ4v) is 3.16. The van der Waals surface area contributed by atoms with Gasteiger partial charge in [-0.25, -0.2) is 0 Å². The number of unbranched alkanes of at least 4 members (excludes halogenated alkanes) is 1. The van der Waals surface area contributed by atoms with Gasteiger partial charge in [-0.15, -0.1) is 0 Å². The Morgan fingerprint density at radius 3 is 2.17 bits per heavy atom. The van der Waals surface area contributed by atoms with Crippen molar-refractivity contribution in [2.24, 2.45) is 0 Å². The first-order valence-corrected chi connectivity index (χ1v) is 10.1. The standard InChI is InChI=1S/C9H19N3O.C8H17N.C2H6/c1-3-12-8(13)9(10-2)4-6-11-7-5-9;1-2-3-6-9-7-4-5-8-9;1-2/h10-11H,3-7H2,1-2H3,(H,12,13);2-8H2,1H3;1-2H3. The first-order chi connectivity index (χ1) is 11.7. The van der Waals surface area contributed by atoms with Crippen molar-refractivity contribution in [3.8, 4) is 0 Å². The van der Waals surface area contributed by atoms with Gasteiger partial charge in [0, 0.05) is 6.54 Å². The third-order valence-electron chi connectivity index (χ3n) is 4.73. The molecule has 0 saturated carbocycles. The second-order valence-electron chi connectivity index (χ2n) is 6.34. The van der Waals surface area contributed by atoms with E-state index in [9.17, 15) is 4.79 Å². The molecule has 2 saturated heterocycles. The van der Waals surface area contributed by atoms with Gasteiger partial charge in [0.15, 0.2) is 0 Å². The van der Waals surface area contributed by atoms with Crippen LogP contribution in [0.1, 0.15) is 66.2 Å². The van der Waals surface area contributed by atoms with Gasteiger partial charge in [0.2, 0.25) is 5.91 Å². The van der Waals surface area contributed by atoms with E-state index in [0.717, 1.165) is 25.9 Å². The number of hydrogen-bond donors (Lipinski definition) is 3. The lowest BCUT2D eigenvalue weighted by Crippen LogP contribution is -2.60. The van der Waals surface area contributed by atoms with Crippen LogP contribution in [0, 0.1) is 0 Å². The Hall–Kier alpha value is -0.650. The summed E-state index contributed by atoms with van der Waals surface area (Å²) >= 11 is 0. The van der Waals surface area contributed by atoms with Crippen LogP contribution in [-0.4, -0.2) is 62.7 Å². The van der Waals surface area contributed by atoms with Crippen molar-refractivity contribution in [2.75, 3.05) is 46.3 Å². The van der Waals surface area contributed by atoms with Crippen molar-refractivity contribution < 1.29 is 4.79 Å². The maximum absolute atomic E-state index is 11.7. The molecule has 3 N–H and O–H groups in total.